The predicted octanol–water partition coefficient (Wildman–Crippen LogP) is 1.50. The van der Waals surface area contributed by atoms with Crippen molar-refractivity contribution in [3.05, 3.63) is 35.9 Å². The van der Waals surface area contributed by atoms with Crippen LogP contribution in [0.15, 0.2) is 30.3 Å². The number of hydrogen-bond acceptors (Lipinski definition) is 3. The molecule has 1 aromatic rings. The largest absolute Gasteiger partial charge is 0.366 e. The van der Waals surface area contributed by atoms with E-state index in [1.807, 2.05) is 6.07 Å². The molecule has 1 heterocycles. The minimum absolute atomic E-state index is 0.0292. The Labute approximate surface area is 126 Å². The van der Waals surface area contributed by atoms with Crippen LogP contribution in [0.1, 0.15) is 24.8 Å². The molecule has 2 fully saturated rings. The lowest BCUT2D eigenvalue weighted by atomic mass is 9.65. The second-order valence-corrected chi connectivity index (χ2v) is 6.30. The van der Waals surface area contributed by atoms with Gasteiger partial charge in [-0.3, -0.25) is 4.79 Å². The van der Waals surface area contributed by atoms with Crippen molar-refractivity contribution < 1.29 is 9.53 Å². The summed E-state index contributed by atoms with van der Waals surface area (Å²) in [7, 11) is 0. The van der Waals surface area contributed by atoms with E-state index in [0.717, 1.165) is 19.5 Å². The zero-order valence-corrected chi connectivity index (χ0v) is 12.4. The first kappa shape index (κ1) is 14.5. The number of ether oxygens (including phenoxy) is 1. The van der Waals surface area contributed by atoms with Crippen molar-refractivity contribution in [3.8, 4) is 0 Å². The van der Waals surface area contributed by atoms with Crippen molar-refractivity contribution in [2.75, 3.05) is 26.2 Å². The molecular weight excluding hydrogens is 264 g/mol. The van der Waals surface area contributed by atoms with E-state index in [4.69, 9.17) is 4.74 Å². The van der Waals surface area contributed by atoms with Crippen molar-refractivity contribution in [2.45, 2.75) is 31.8 Å². The molecule has 4 nitrogen and oxygen atoms in total. The van der Waals surface area contributed by atoms with Gasteiger partial charge in [-0.1, -0.05) is 36.8 Å². The molecule has 21 heavy (non-hydrogen) atoms. The highest BCUT2D eigenvalue weighted by molar-refractivity contribution is 5.81. The molecule has 0 aromatic heterocycles. The average molecular weight is 288 g/mol. The minimum atomic E-state index is -0.326. The van der Waals surface area contributed by atoms with E-state index >= 15 is 0 Å². The van der Waals surface area contributed by atoms with Crippen LogP contribution in [0, 0.1) is 5.41 Å². The topological polar surface area (TPSA) is 50.4 Å². The maximum atomic E-state index is 12.2. The summed E-state index contributed by atoms with van der Waals surface area (Å²) in [6, 6.07) is 10.6. The van der Waals surface area contributed by atoms with E-state index in [1.165, 1.54) is 24.8 Å². The summed E-state index contributed by atoms with van der Waals surface area (Å²) in [6.45, 7) is 2.84. The quantitative estimate of drug-likeness (QED) is 0.863. The Morgan fingerprint density at radius 2 is 2.14 bits per heavy atom. The monoisotopic (exact) mass is 288 g/mol. The van der Waals surface area contributed by atoms with E-state index < -0.39 is 0 Å². The van der Waals surface area contributed by atoms with Gasteiger partial charge in [-0.2, -0.15) is 0 Å². The number of benzene rings is 1. The van der Waals surface area contributed by atoms with Gasteiger partial charge in [0.05, 0.1) is 6.61 Å². The Kier molecular flexibility index (Phi) is 4.56. The van der Waals surface area contributed by atoms with Crippen LogP contribution < -0.4 is 10.6 Å². The van der Waals surface area contributed by atoms with Crippen LogP contribution in [0.2, 0.25) is 0 Å². The maximum Gasteiger partial charge on any atom is 0.250 e. The fraction of sp³-hybridized carbons (Fsp3) is 0.588. The first-order valence-corrected chi connectivity index (χ1v) is 7.91. The first-order valence-electron chi connectivity index (χ1n) is 7.91. The molecule has 1 aliphatic heterocycles. The Balaban J connectivity index is 1.53. The van der Waals surface area contributed by atoms with Gasteiger partial charge < -0.3 is 15.4 Å². The van der Waals surface area contributed by atoms with Crippen LogP contribution in [-0.2, 0) is 16.0 Å². The van der Waals surface area contributed by atoms with Crippen molar-refractivity contribution >= 4 is 5.91 Å². The molecule has 1 saturated heterocycles. The third kappa shape index (κ3) is 3.63. The van der Waals surface area contributed by atoms with Crippen LogP contribution >= 0.6 is 0 Å². The summed E-state index contributed by atoms with van der Waals surface area (Å²) in [5.41, 5.74) is 1.61. The van der Waals surface area contributed by atoms with Crippen LogP contribution in [0.4, 0.5) is 0 Å². The van der Waals surface area contributed by atoms with Gasteiger partial charge in [-0.15, -0.1) is 0 Å². The van der Waals surface area contributed by atoms with E-state index in [0.29, 0.717) is 13.2 Å². The van der Waals surface area contributed by atoms with Crippen molar-refractivity contribution in [3.63, 3.8) is 0 Å². The lowest BCUT2D eigenvalue weighted by Crippen LogP contribution is -2.51. The van der Waals surface area contributed by atoms with Gasteiger partial charge in [0, 0.05) is 19.6 Å². The fourth-order valence-electron chi connectivity index (χ4n) is 3.24. The number of amides is 1. The summed E-state index contributed by atoms with van der Waals surface area (Å²) in [6.07, 6.45) is 4.40. The van der Waals surface area contributed by atoms with E-state index in [2.05, 4.69) is 34.9 Å². The van der Waals surface area contributed by atoms with Crippen LogP contribution in [-0.4, -0.2) is 38.3 Å². The average Bonchev–Trinajstić information content (AvgIpc) is 2.51. The lowest BCUT2D eigenvalue weighted by Gasteiger charge is -2.42. The third-order valence-corrected chi connectivity index (χ3v) is 4.69. The number of morpholine rings is 1. The summed E-state index contributed by atoms with van der Waals surface area (Å²) >= 11 is 0. The van der Waals surface area contributed by atoms with Crippen molar-refractivity contribution in [1.82, 2.24) is 10.6 Å². The van der Waals surface area contributed by atoms with Gasteiger partial charge in [0.2, 0.25) is 5.91 Å². The molecule has 1 aromatic carbocycles. The SMILES string of the molecule is O=C(NCC1(Cc2ccccc2)CCC1)C1CNCCO1. The standard InChI is InChI=1S/C17H24N2O2/c20-16(15-12-18-9-10-21-15)19-13-17(7-4-8-17)11-14-5-2-1-3-6-14/h1-3,5-6,15,18H,4,7-13H2,(H,19,20). The molecular formula is C17H24N2O2. The molecule has 0 spiro atoms. The van der Waals surface area contributed by atoms with Gasteiger partial charge >= 0.3 is 0 Å². The van der Waals surface area contributed by atoms with E-state index in [-0.39, 0.29) is 17.4 Å². The second kappa shape index (κ2) is 6.58. The Morgan fingerprint density at radius 3 is 2.76 bits per heavy atom. The Bertz CT molecular complexity index is 465. The predicted molar refractivity (Wildman–Crippen MR) is 82.0 cm³/mol. The second-order valence-electron chi connectivity index (χ2n) is 6.30. The van der Waals surface area contributed by atoms with E-state index in [1.54, 1.807) is 0 Å². The molecule has 114 valence electrons. The highest BCUT2D eigenvalue weighted by Crippen LogP contribution is 2.43. The van der Waals surface area contributed by atoms with Gasteiger partial charge in [0.25, 0.3) is 0 Å². The van der Waals surface area contributed by atoms with Gasteiger partial charge in [0.15, 0.2) is 0 Å². The summed E-state index contributed by atoms with van der Waals surface area (Å²) < 4.78 is 5.50. The minimum Gasteiger partial charge on any atom is -0.366 e. The number of rotatable bonds is 5. The number of nitrogens with one attached hydrogen (secondary N) is 2. The molecule has 1 atom stereocenters. The van der Waals surface area contributed by atoms with Gasteiger partial charge in [-0.25, -0.2) is 0 Å². The van der Waals surface area contributed by atoms with Gasteiger partial charge in [-0.05, 0) is 30.2 Å². The smallest absolute Gasteiger partial charge is 0.250 e. The Hall–Kier alpha value is -1.39. The van der Waals surface area contributed by atoms with Crippen LogP contribution in [0.25, 0.3) is 0 Å². The molecule has 4 heteroatoms. The maximum absolute atomic E-state index is 12.2. The zero-order valence-electron chi connectivity index (χ0n) is 12.4. The molecule has 3 rings (SSSR count). The molecule has 2 aliphatic rings. The van der Waals surface area contributed by atoms with E-state index in [9.17, 15) is 4.79 Å². The molecule has 2 N–H and O–H groups in total. The molecule has 0 radical (unpaired) electrons. The normalized spacial score (nSPS) is 24.1. The Morgan fingerprint density at radius 1 is 1.33 bits per heavy atom. The van der Waals surface area contributed by atoms with Crippen molar-refractivity contribution in [2.24, 2.45) is 5.41 Å². The molecule has 0 bridgehead atoms. The van der Waals surface area contributed by atoms with Crippen LogP contribution in [0.5, 0.6) is 0 Å². The highest BCUT2D eigenvalue weighted by Gasteiger charge is 2.37. The number of carbonyl (C=O) groups is 1. The molecule has 1 aliphatic carbocycles. The third-order valence-electron chi connectivity index (χ3n) is 4.69. The molecule has 1 unspecified atom stereocenters. The summed E-state index contributed by atoms with van der Waals surface area (Å²) in [5, 5.41) is 6.31. The van der Waals surface area contributed by atoms with Crippen molar-refractivity contribution in [1.29, 1.82) is 0 Å². The summed E-state index contributed by atoms with van der Waals surface area (Å²) in [4.78, 5) is 12.2. The number of carbonyl (C=O) groups excluding carboxylic acids is 1. The zero-order chi connectivity index (χ0) is 14.5. The molecule has 1 saturated carbocycles. The fourth-order valence-corrected chi connectivity index (χ4v) is 3.24. The van der Waals surface area contributed by atoms with Crippen LogP contribution in [0.3, 0.4) is 0 Å². The molecule has 1 amide bonds. The summed E-state index contributed by atoms with van der Waals surface area (Å²) in [5.74, 6) is 0.0292. The number of hydrogen-bond donors (Lipinski definition) is 2. The lowest BCUT2D eigenvalue weighted by molar-refractivity contribution is -0.135. The highest BCUT2D eigenvalue weighted by atomic mass is 16.5. The first-order chi connectivity index (χ1) is 10.3. The van der Waals surface area contributed by atoms with Gasteiger partial charge in [0.1, 0.15) is 6.10 Å².